The number of pyridine rings is 1. The highest BCUT2D eigenvalue weighted by atomic mass is 79.9. The molecule has 1 N–H and O–H groups in total. The van der Waals surface area contributed by atoms with Crippen molar-refractivity contribution in [3.8, 4) is 0 Å². The number of hydrogen-bond donors (Lipinski definition) is 1. The number of amidine groups is 1. The van der Waals surface area contributed by atoms with Crippen LogP contribution in [0, 0.1) is 11.9 Å². The highest BCUT2D eigenvalue weighted by molar-refractivity contribution is 9.10. The maximum absolute atomic E-state index is 14.8. The van der Waals surface area contributed by atoms with Crippen molar-refractivity contribution in [2.75, 3.05) is 27.1 Å². The number of carboxylic acid groups (broad SMARTS) is 1. The van der Waals surface area contributed by atoms with Crippen molar-refractivity contribution in [3.05, 3.63) is 28.2 Å². The van der Waals surface area contributed by atoms with E-state index in [0.29, 0.717) is 28.4 Å². The topological polar surface area (TPSA) is 84.3 Å². The third-order valence-electron chi connectivity index (χ3n) is 5.74. The van der Waals surface area contributed by atoms with Crippen LogP contribution in [0.3, 0.4) is 0 Å². The zero-order valence-electron chi connectivity index (χ0n) is 18.4. The molecule has 2 heterocycles. The Morgan fingerprint density at radius 1 is 1.48 bits per heavy atom. The largest absolute Gasteiger partial charge is 0.465 e. The molecule has 1 saturated carbocycles. The van der Waals surface area contributed by atoms with Crippen LogP contribution in [-0.2, 0) is 15.0 Å². The van der Waals surface area contributed by atoms with Crippen LogP contribution >= 0.6 is 27.7 Å². The maximum Gasteiger partial charge on any atom is 0.415 e. The Morgan fingerprint density at radius 3 is 2.81 bits per heavy atom. The summed E-state index contributed by atoms with van der Waals surface area (Å²) in [5, 5.41) is 10.2. The van der Waals surface area contributed by atoms with Gasteiger partial charge in [-0.15, -0.1) is 0 Å². The molecule has 1 fully saturated rings. The average molecular weight is 535 g/mol. The second-order valence-electron chi connectivity index (χ2n) is 9.45. The van der Waals surface area contributed by atoms with Gasteiger partial charge in [-0.2, -0.15) is 4.39 Å². The molecule has 1 aliphatic carbocycles. The number of rotatable bonds is 8. The Bertz CT molecular complexity index is 886. The van der Waals surface area contributed by atoms with Gasteiger partial charge in [-0.05, 0) is 41.4 Å². The molecule has 1 aromatic rings. The van der Waals surface area contributed by atoms with E-state index in [0.717, 1.165) is 17.4 Å². The highest BCUT2D eigenvalue weighted by Crippen LogP contribution is 2.66. The number of aliphatic imine (C=N–C) groups is 1. The number of amides is 1. The zero-order chi connectivity index (χ0) is 23.0. The molecule has 172 valence electrons. The molecular formula is C20H29BrFN3O4SSi. The van der Waals surface area contributed by atoms with E-state index < -0.39 is 25.7 Å². The predicted octanol–water partition coefficient (Wildman–Crippen LogP) is 5.00. The van der Waals surface area contributed by atoms with Gasteiger partial charge in [0.05, 0.1) is 16.9 Å². The van der Waals surface area contributed by atoms with Gasteiger partial charge in [0.25, 0.3) is 0 Å². The van der Waals surface area contributed by atoms with Crippen molar-refractivity contribution >= 4 is 47.0 Å². The summed E-state index contributed by atoms with van der Waals surface area (Å²) >= 11 is 4.75. The lowest BCUT2D eigenvalue weighted by Crippen LogP contribution is -2.44. The number of fused-ring (bicyclic) bond motifs is 1. The quantitative estimate of drug-likeness (QED) is 0.219. The van der Waals surface area contributed by atoms with Gasteiger partial charge in [-0.3, -0.25) is 4.99 Å². The molecule has 11 heteroatoms. The Hall–Kier alpha value is -1.01. The number of aromatic nitrogens is 1. The molecule has 0 spiro atoms. The van der Waals surface area contributed by atoms with Gasteiger partial charge in [0.15, 0.2) is 5.17 Å². The lowest BCUT2D eigenvalue weighted by Gasteiger charge is -2.36. The smallest absolute Gasteiger partial charge is 0.415 e. The molecule has 0 aromatic carbocycles. The third-order valence-corrected chi connectivity index (χ3v) is 9.35. The Balaban J connectivity index is 1.93. The third kappa shape index (κ3) is 5.32. The fraction of sp³-hybridized carbons (Fsp3) is 0.650. The second kappa shape index (κ2) is 9.09. The van der Waals surface area contributed by atoms with Crippen molar-refractivity contribution in [2.24, 2.45) is 10.9 Å². The van der Waals surface area contributed by atoms with E-state index in [2.05, 4.69) is 40.6 Å². The first-order valence-electron chi connectivity index (χ1n) is 10.1. The first-order valence-corrected chi connectivity index (χ1v) is 15.4. The van der Waals surface area contributed by atoms with Gasteiger partial charge in [0, 0.05) is 43.9 Å². The number of methoxy groups -OCH3 is 1. The second-order valence-corrected chi connectivity index (χ2v) is 17.4. The Kier molecular flexibility index (Phi) is 7.22. The summed E-state index contributed by atoms with van der Waals surface area (Å²) in [5.74, 6) is -0.602. The Morgan fingerprint density at radius 2 is 2.19 bits per heavy atom. The molecule has 3 rings (SSSR count). The minimum absolute atomic E-state index is 0.00255. The van der Waals surface area contributed by atoms with E-state index in [4.69, 9.17) is 14.5 Å². The van der Waals surface area contributed by atoms with E-state index in [1.165, 1.54) is 18.0 Å². The average Bonchev–Trinajstić information content (AvgIpc) is 3.38. The van der Waals surface area contributed by atoms with Crippen molar-refractivity contribution in [2.45, 2.75) is 49.3 Å². The molecule has 0 radical (unpaired) electrons. The SMILES string of the molecule is COC[C@]12C[C@H]1[C@@](C)(c1cc(Br)cnc1F)N=C(N(COCC[Si](C)(C)C)C(=O)O)S2. The standard InChI is InChI=1S/C20H29BrFN3O4SSi/c1-19(14-8-13(21)10-23-16(14)22)15-9-20(15,11-28-2)30-17(24-19)25(18(26)27)12-29-6-7-31(3,4)5/h8,10,15H,6-7,9,11-12H2,1-5H3,(H,26,27)/t15-,19+,20+/m0/s1. The number of carbonyl (C=O) groups is 1. The van der Waals surface area contributed by atoms with E-state index >= 15 is 0 Å². The van der Waals surface area contributed by atoms with Crippen LogP contribution in [0.25, 0.3) is 0 Å². The highest BCUT2D eigenvalue weighted by Gasteiger charge is 2.67. The fourth-order valence-electron chi connectivity index (χ4n) is 3.89. The molecular weight excluding hydrogens is 505 g/mol. The number of ether oxygens (including phenoxy) is 2. The Labute approximate surface area is 195 Å². The van der Waals surface area contributed by atoms with Crippen LogP contribution in [0.2, 0.25) is 25.7 Å². The summed E-state index contributed by atoms with van der Waals surface area (Å²) in [6.07, 6.45) is 0.988. The van der Waals surface area contributed by atoms with Crippen LogP contribution in [0.1, 0.15) is 18.9 Å². The summed E-state index contributed by atoms with van der Waals surface area (Å²) in [4.78, 5) is 21.8. The molecule has 0 unspecified atom stereocenters. The van der Waals surface area contributed by atoms with E-state index in [-0.39, 0.29) is 17.4 Å². The molecule has 0 saturated heterocycles. The molecule has 31 heavy (non-hydrogen) atoms. The van der Waals surface area contributed by atoms with Gasteiger partial charge in [-0.1, -0.05) is 31.4 Å². The van der Waals surface area contributed by atoms with Gasteiger partial charge >= 0.3 is 6.09 Å². The summed E-state index contributed by atoms with van der Waals surface area (Å²) in [7, 11) is 0.316. The lowest BCUT2D eigenvalue weighted by atomic mass is 9.87. The van der Waals surface area contributed by atoms with Crippen molar-refractivity contribution in [1.82, 2.24) is 9.88 Å². The number of nitrogens with zero attached hydrogens (tertiary/aromatic N) is 3. The summed E-state index contributed by atoms with van der Waals surface area (Å²) in [6.45, 7) is 9.34. The normalized spacial score (nSPS) is 27.5. The minimum atomic E-state index is -1.30. The molecule has 1 amide bonds. The van der Waals surface area contributed by atoms with Gasteiger partial charge in [0.1, 0.15) is 6.73 Å². The molecule has 3 atom stereocenters. The molecule has 2 aliphatic rings. The summed E-state index contributed by atoms with van der Waals surface area (Å²) in [5.41, 5.74) is -0.626. The van der Waals surface area contributed by atoms with Gasteiger partial charge < -0.3 is 14.6 Å². The molecule has 1 aliphatic heterocycles. The summed E-state index contributed by atoms with van der Waals surface area (Å²) in [6, 6.07) is 2.60. The number of hydrogen-bond acceptors (Lipinski definition) is 6. The van der Waals surface area contributed by atoms with Crippen LogP contribution in [0.15, 0.2) is 21.7 Å². The monoisotopic (exact) mass is 533 g/mol. The van der Waals surface area contributed by atoms with Gasteiger partial charge in [0.2, 0.25) is 5.95 Å². The lowest BCUT2D eigenvalue weighted by molar-refractivity contribution is 0.0701. The van der Waals surface area contributed by atoms with Crippen LogP contribution in [0.5, 0.6) is 0 Å². The van der Waals surface area contributed by atoms with Crippen LogP contribution < -0.4 is 0 Å². The number of halogens is 2. The maximum atomic E-state index is 14.8. The van der Waals surface area contributed by atoms with E-state index in [1.54, 1.807) is 13.2 Å². The predicted molar refractivity (Wildman–Crippen MR) is 126 cm³/mol. The fourth-order valence-corrected chi connectivity index (χ4v) is 6.62. The summed E-state index contributed by atoms with van der Waals surface area (Å²) < 4.78 is 26.2. The van der Waals surface area contributed by atoms with E-state index in [1.807, 2.05) is 6.92 Å². The van der Waals surface area contributed by atoms with Crippen molar-refractivity contribution in [3.63, 3.8) is 0 Å². The van der Waals surface area contributed by atoms with E-state index in [9.17, 15) is 14.3 Å². The zero-order valence-corrected chi connectivity index (χ0v) is 21.8. The minimum Gasteiger partial charge on any atom is -0.465 e. The van der Waals surface area contributed by atoms with Gasteiger partial charge in [-0.25, -0.2) is 14.7 Å². The van der Waals surface area contributed by atoms with Crippen molar-refractivity contribution < 1.29 is 23.8 Å². The molecule has 0 bridgehead atoms. The van der Waals surface area contributed by atoms with Crippen LogP contribution in [0.4, 0.5) is 9.18 Å². The molecule has 7 nitrogen and oxygen atoms in total. The first-order chi connectivity index (χ1) is 14.4. The number of thioether (sulfide) groups is 1. The first kappa shape index (κ1) is 24.6. The van der Waals surface area contributed by atoms with Crippen molar-refractivity contribution in [1.29, 1.82) is 0 Å². The molecule has 1 aromatic heterocycles. The van der Waals surface area contributed by atoms with Crippen LogP contribution in [-0.4, -0.2) is 66.1 Å².